The summed E-state index contributed by atoms with van der Waals surface area (Å²) in [7, 11) is -5.87. The number of hydrogen-bond donors (Lipinski definition) is 0. The SMILES string of the molecule is CC(C)(C)c1ccnc(-n2c3ccccc3c3ccc(Oc4cccc(C5[C-]=[N+]6c7c(-c8ccc([Si](c9ccccc9)(c9ccccc9)c9ccccc9)cc8)cccc7-c7ccc([Si](c8ccccc8)(c8ccccc8)c8ccccc8)cc7-c7ccccc7-c7cccc5c76)c4)cc32)c1. The van der Waals surface area contributed by atoms with Gasteiger partial charge in [-0.25, -0.2) is 4.98 Å². The Kier molecular flexibility index (Phi) is 15.2. The van der Waals surface area contributed by atoms with Crippen LogP contribution < -0.4 is 50.8 Å². The molecule has 6 heteroatoms. The first-order chi connectivity index (χ1) is 49.7. The van der Waals surface area contributed by atoms with E-state index in [-0.39, 0.29) is 11.3 Å². The number of pyridine rings is 1. The van der Waals surface area contributed by atoms with Gasteiger partial charge in [-0.1, -0.05) is 336 Å². The highest BCUT2D eigenvalue weighted by Crippen LogP contribution is 2.54. The molecule has 0 saturated heterocycles. The molecule has 2 aliphatic rings. The van der Waals surface area contributed by atoms with Gasteiger partial charge in [0.05, 0.1) is 11.0 Å². The van der Waals surface area contributed by atoms with Gasteiger partial charge in [0.2, 0.25) is 0 Å². The predicted octanol–water partition coefficient (Wildman–Crippen LogP) is 17.9. The third-order valence-electron chi connectivity index (χ3n) is 21.2. The number of aromatic nitrogens is 2. The molecule has 0 N–H and O–H groups in total. The summed E-state index contributed by atoms with van der Waals surface area (Å²) in [6, 6.07) is 136. The van der Waals surface area contributed by atoms with Crippen LogP contribution in [-0.2, 0) is 5.41 Å². The lowest BCUT2D eigenvalue weighted by Gasteiger charge is -2.35. The first-order valence-corrected chi connectivity index (χ1v) is 39.0. The number of rotatable bonds is 13. The monoisotopic (exact) mass is 1330 g/mol. The van der Waals surface area contributed by atoms with Gasteiger partial charge in [0, 0.05) is 29.0 Å². The highest BCUT2D eigenvalue weighted by atomic mass is 28.3. The minimum absolute atomic E-state index is 0.0495. The van der Waals surface area contributed by atoms with Gasteiger partial charge in [0.25, 0.3) is 0 Å². The molecule has 101 heavy (non-hydrogen) atoms. The molecule has 0 spiro atoms. The summed E-state index contributed by atoms with van der Waals surface area (Å²) < 4.78 is 11.8. The number of ether oxygens (including phenoxy) is 1. The van der Waals surface area contributed by atoms with E-state index in [1.165, 1.54) is 69.1 Å². The van der Waals surface area contributed by atoms with Crippen molar-refractivity contribution in [3.8, 4) is 61.8 Å². The third kappa shape index (κ3) is 10.2. The Morgan fingerprint density at radius 2 is 0.802 bits per heavy atom. The molecule has 18 rings (SSSR count). The van der Waals surface area contributed by atoms with Crippen LogP contribution >= 0.6 is 0 Å². The quantitative estimate of drug-likeness (QED) is 0.0498. The lowest BCUT2D eigenvalue weighted by molar-refractivity contribution is 0.482. The predicted molar refractivity (Wildman–Crippen MR) is 428 cm³/mol. The van der Waals surface area contributed by atoms with Gasteiger partial charge in [-0.15, -0.1) is 0 Å². The molecule has 0 radical (unpaired) electrons. The van der Waals surface area contributed by atoms with Crippen LogP contribution in [0.2, 0.25) is 0 Å². The molecule has 4 heterocycles. The maximum Gasteiger partial charge on any atom is 0.179 e. The van der Waals surface area contributed by atoms with E-state index in [4.69, 9.17) is 9.72 Å². The van der Waals surface area contributed by atoms with Crippen LogP contribution in [-0.4, -0.2) is 31.9 Å². The van der Waals surface area contributed by atoms with E-state index < -0.39 is 16.1 Å². The largest absolute Gasteiger partial charge is 0.457 e. The van der Waals surface area contributed by atoms with E-state index in [1.54, 1.807) is 0 Å². The smallest absolute Gasteiger partial charge is 0.179 e. The van der Waals surface area contributed by atoms with E-state index in [9.17, 15) is 0 Å². The van der Waals surface area contributed by atoms with E-state index in [0.29, 0.717) is 0 Å². The first-order valence-electron chi connectivity index (χ1n) is 35.0. The lowest BCUT2D eigenvalue weighted by atomic mass is 9.86. The van der Waals surface area contributed by atoms with Crippen molar-refractivity contribution in [3.05, 3.63) is 387 Å². The average molecular weight is 1330 g/mol. The molecule has 2 aliphatic heterocycles. The van der Waals surface area contributed by atoms with Crippen LogP contribution in [0.3, 0.4) is 0 Å². The zero-order chi connectivity index (χ0) is 67.7. The van der Waals surface area contributed by atoms with Gasteiger partial charge in [0.1, 0.15) is 34.9 Å². The van der Waals surface area contributed by atoms with Crippen LogP contribution in [0.25, 0.3) is 72.1 Å². The molecule has 0 amide bonds. The van der Waals surface area contributed by atoms with Crippen molar-refractivity contribution in [1.29, 1.82) is 0 Å². The van der Waals surface area contributed by atoms with Crippen LogP contribution in [0, 0.1) is 0 Å². The number of fused-ring (bicyclic) bond motifs is 10. The van der Waals surface area contributed by atoms with Crippen molar-refractivity contribution in [2.75, 3.05) is 0 Å². The van der Waals surface area contributed by atoms with Crippen molar-refractivity contribution in [3.63, 3.8) is 0 Å². The molecular formula is C95H71N3OSi2. The Bertz CT molecular complexity index is 5640. The summed E-state index contributed by atoms with van der Waals surface area (Å²) in [6.07, 6.45) is 6.23. The van der Waals surface area contributed by atoms with Crippen LogP contribution in [0.5, 0.6) is 11.5 Å². The van der Waals surface area contributed by atoms with E-state index in [0.717, 1.165) is 84.1 Å². The van der Waals surface area contributed by atoms with Crippen LogP contribution in [0.15, 0.2) is 370 Å². The second kappa shape index (κ2) is 25.0. The zero-order valence-electron chi connectivity index (χ0n) is 56.5. The van der Waals surface area contributed by atoms with Crippen molar-refractivity contribution >= 4 is 97.0 Å². The summed E-state index contributed by atoms with van der Waals surface area (Å²) in [6.45, 7) is 6.75. The molecule has 2 aromatic heterocycles. The topological polar surface area (TPSA) is 30.1 Å². The highest BCUT2D eigenvalue weighted by molar-refractivity contribution is 7.20. The fourth-order valence-corrected chi connectivity index (χ4v) is 26.1. The molecule has 4 nitrogen and oxygen atoms in total. The van der Waals surface area contributed by atoms with Crippen molar-refractivity contribution in [2.24, 2.45) is 0 Å². The number of benzene rings is 14. The Morgan fingerprint density at radius 1 is 0.347 bits per heavy atom. The van der Waals surface area contributed by atoms with Crippen LogP contribution in [0.4, 0.5) is 11.4 Å². The highest BCUT2D eigenvalue weighted by Gasteiger charge is 2.44. The molecule has 0 saturated carbocycles. The standard InChI is InChI=1S/C95H71N3OSi2/c1-95(2,3)68-59-60-96-92(62-68)98-90-50-25-24-45-83(90)84-57-53-70(63-91(84)98)99-69-30-26-29-67(61-69)89-65-97-93-79(66-51-54-77(55-52-66)100(71-31-10-4-11-32-71,72-33-12-5-13-34-72)73-35-14-6-15-36-73)46-27-47-86(93)82-58-56-78(64-88(82)81-44-23-22-43-80(81)85-48-28-49-87(89)94(85)97)101(74-37-16-7-17-38-74,75-39-18-8-19-40-75)76-41-20-9-21-42-76/h4-64,89H,1-3H3. The maximum atomic E-state index is 7.07. The minimum Gasteiger partial charge on any atom is -0.457 e. The number of hydrogen-bond acceptors (Lipinski definition) is 2. The molecule has 16 aromatic rings. The normalized spacial score (nSPS) is 13.3. The zero-order valence-corrected chi connectivity index (χ0v) is 58.5. The lowest BCUT2D eigenvalue weighted by Crippen LogP contribution is -2.74. The Balaban J connectivity index is 0.846. The molecule has 1 unspecified atom stereocenters. The molecule has 0 bridgehead atoms. The molecule has 14 aromatic carbocycles. The van der Waals surface area contributed by atoms with E-state index >= 15 is 0 Å². The second-order valence-corrected chi connectivity index (χ2v) is 35.4. The van der Waals surface area contributed by atoms with E-state index in [1.807, 2.05) is 6.20 Å². The molecule has 1 atom stereocenters. The fraction of sp³-hybridized carbons (Fsp3) is 0.0526. The van der Waals surface area contributed by atoms with Crippen LogP contribution in [0.1, 0.15) is 43.4 Å². The molecular weight excluding hydrogens is 1260 g/mol. The van der Waals surface area contributed by atoms with Gasteiger partial charge in [-0.3, -0.25) is 4.57 Å². The summed E-state index contributed by atoms with van der Waals surface area (Å²) in [5, 5.41) is 13.0. The van der Waals surface area contributed by atoms with Gasteiger partial charge < -0.3 is 9.31 Å². The summed E-state index contributed by atoms with van der Waals surface area (Å²) in [5.41, 5.74) is 16.9. The first kappa shape index (κ1) is 61.3. The van der Waals surface area contributed by atoms with E-state index in [2.05, 4.69) is 400 Å². The summed E-state index contributed by atoms with van der Waals surface area (Å²) in [4.78, 5) is 4.99. The van der Waals surface area contributed by atoms with Crippen molar-refractivity contribution < 1.29 is 4.74 Å². The number of nitrogens with zero attached hydrogens (tertiary/aromatic N) is 3. The summed E-state index contributed by atoms with van der Waals surface area (Å²) >= 11 is 0. The second-order valence-electron chi connectivity index (χ2n) is 27.8. The Hall–Kier alpha value is -12.1. The average Bonchev–Trinajstić information content (AvgIpc) is 1.70. The molecule has 0 fully saturated rings. The fourth-order valence-electron chi connectivity index (χ4n) is 16.6. The minimum atomic E-state index is -3.01. The Morgan fingerprint density at radius 3 is 1.40 bits per heavy atom. The van der Waals surface area contributed by atoms with Gasteiger partial charge in [0.15, 0.2) is 16.1 Å². The van der Waals surface area contributed by atoms with Gasteiger partial charge in [-0.2, -0.15) is 0 Å². The molecule has 480 valence electrons. The Labute approximate surface area is 592 Å². The van der Waals surface area contributed by atoms with Gasteiger partial charge >= 0.3 is 0 Å². The summed E-state index contributed by atoms with van der Waals surface area (Å²) in [5.74, 6) is 2.09. The maximum absolute atomic E-state index is 7.07. The van der Waals surface area contributed by atoms with Crippen molar-refractivity contribution in [1.82, 2.24) is 14.1 Å². The molecule has 0 aliphatic carbocycles. The van der Waals surface area contributed by atoms with Crippen molar-refractivity contribution in [2.45, 2.75) is 32.1 Å². The third-order valence-corrected chi connectivity index (χ3v) is 30.7. The number of para-hydroxylation sites is 3. The van der Waals surface area contributed by atoms with Gasteiger partial charge in [-0.05, 0) is 151 Å².